The number of thioether (sulfide) groups is 1. The van der Waals surface area contributed by atoms with Crippen molar-refractivity contribution in [1.29, 1.82) is 0 Å². The third-order valence-corrected chi connectivity index (χ3v) is 5.29. The molecule has 0 N–H and O–H groups in total. The van der Waals surface area contributed by atoms with Crippen molar-refractivity contribution in [3.05, 3.63) is 29.8 Å². The zero-order chi connectivity index (χ0) is 13.0. The molecule has 0 fully saturated rings. The molecule has 0 bridgehead atoms. The van der Waals surface area contributed by atoms with Crippen molar-refractivity contribution in [2.45, 2.75) is 26.9 Å². The van der Waals surface area contributed by atoms with Crippen molar-refractivity contribution in [3.8, 4) is 0 Å². The summed E-state index contributed by atoms with van der Waals surface area (Å²) in [6.07, 6.45) is 2.49. The van der Waals surface area contributed by atoms with Crippen molar-refractivity contribution >= 4 is 40.6 Å². The normalized spacial score (nSPS) is 10.6. The molecule has 0 aliphatic rings. The van der Waals surface area contributed by atoms with Gasteiger partial charge in [0.05, 0.1) is 0 Å². The lowest BCUT2D eigenvalue weighted by Gasteiger charge is -2.04. The molecule has 94 valence electrons. The number of rotatable bonds is 5. The van der Waals surface area contributed by atoms with E-state index in [2.05, 4.69) is 10.2 Å². The number of carbonyl (C=O) groups is 1. The van der Waals surface area contributed by atoms with Gasteiger partial charge in [-0.3, -0.25) is 4.79 Å². The lowest BCUT2D eigenvalue weighted by molar-refractivity contribution is 0.0985. The van der Waals surface area contributed by atoms with Crippen LogP contribution in [0.3, 0.4) is 0 Å². The molecule has 3 nitrogen and oxygen atoms in total. The molecule has 18 heavy (non-hydrogen) atoms. The highest BCUT2D eigenvalue weighted by Gasteiger charge is 2.12. The van der Waals surface area contributed by atoms with Gasteiger partial charge in [0.15, 0.2) is 14.5 Å². The van der Waals surface area contributed by atoms with Crippen LogP contribution in [0.25, 0.3) is 0 Å². The molecule has 0 unspecified atom stereocenters. The summed E-state index contributed by atoms with van der Waals surface area (Å²) in [6, 6.07) is 7.64. The predicted octanol–water partition coefficient (Wildman–Crippen LogP) is 4.00. The molecule has 0 atom stereocenters. The number of benzene rings is 1. The van der Waals surface area contributed by atoms with Gasteiger partial charge in [-0.2, -0.15) is 0 Å². The van der Waals surface area contributed by atoms with E-state index in [1.54, 1.807) is 23.1 Å². The van der Waals surface area contributed by atoms with Gasteiger partial charge in [-0.25, -0.2) is 0 Å². The number of Topliss-reactive ketones (excluding diaryl/α,β-unsaturated/α-hetero) is 1. The molecular formula is C12H12N2OS3. The van der Waals surface area contributed by atoms with Gasteiger partial charge in [-0.1, -0.05) is 60.0 Å². The standard InChI is InChI=1S/C12H12N2OS3/c1-3-9(15)8-6-4-5-7-10(8)17-12-14-13-11(16-2)18-12/h4-7H,3H2,1-2H3. The van der Waals surface area contributed by atoms with Crippen molar-refractivity contribution in [1.82, 2.24) is 10.2 Å². The van der Waals surface area contributed by atoms with E-state index in [0.29, 0.717) is 6.42 Å². The fourth-order valence-electron chi connectivity index (χ4n) is 1.39. The average molecular weight is 296 g/mol. The first-order valence-electron chi connectivity index (χ1n) is 5.42. The number of carbonyl (C=O) groups excluding carboxylic acids is 1. The molecule has 0 amide bonds. The van der Waals surface area contributed by atoms with Gasteiger partial charge in [0.1, 0.15) is 0 Å². The van der Waals surface area contributed by atoms with Gasteiger partial charge in [0, 0.05) is 16.9 Å². The van der Waals surface area contributed by atoms with Gasteiger partial charge in [-0.05, 0) is 12.3 Å². The third-order valence-electron chi connectivity index (χ3n) is 2.27. The second kappa shape index (κ2) is 6.36. The molecule has 2 rings (SSSR count). The highest BCUT2D eigenvalue weighted by Crippen LogP contribution is 2.34. The lowest BCUT2D eigenvalue weighted by atomic mass is 10.1. The van der Waals surface area contributed by atoms with Gasteiger partial charge < -0.3 is 0 Å². The van der Waals surface area contributed by atoms with Crippen LogP contribution in [0, 0.1) is 0 Å². The van der Waals surface area contributed by atoms with E-state index in [1.807, 2.05) is 37.4 Å². The third kappa shape index (κ3) is 3.13. The summed E-state index contributed by atoms with van der Waals surface area (Å²) in [5, 5.41) is 8.16. The Morgan fingerprint density at radius 3 is 2.67 bits per heavy atom. The number of aromatic nitrogens is 2. The fourth-order valence-corrected chi connectivity index (χ4v) is 3.94. The zero-order valence-corrected chi connectivity index (χ0v) is 12.5. The maximum absolute atomic E-state index is 11.8. The van der Waals surface area contributed by atoms with E-state index >= 15 is 0 Å². The summed E-state index contributed by atoms with van der Waals surface area (Å²) in [6.45, 7) is 1.88. The van der Waals surface area contributed by atoms with E-state index in [1.165, 1.54) is 11.8 Å². The molecule has 0 aliphatic carbocycles. The molecule has 0 spiro atoms. The van der Waals surface area contributed by atoms with E-state index in [-0.39, 0.29) is 5.78 Å². The second-order valence-corrected chi connectivity index (χ2v) is 6.73. The van der Waals surface area contributed by atoms with Crippen LogP contribution in [0.2, 0.25) is 0 Å². The second-order valence-electron chi connectivity index (χ2n) is 3.41. The van der Waals surface area contributed by atoms with Crippen molar-refractivity contribution < 1.29 is 4.79 Å². The summed E-state index contributed by atoms with van der Waals surface area (Å²) >= 11 is 4.63. The highest BCUT2D eigenvalue weighted by molar-refractivity contribution is 8.03. The van der Waals surface area contributed by atoms with Gasteiger partial charge in [0.25, 0.3) is 0 Å². The Labute approximate surface area is 118 Å². The Morgan fingerprint density at radius 1 is 1.28 bits per heavy atom. The van der Waals surface area contributed by atoms with Gasteiger partial charge in [0.2, 0.25) is 0 Å². The number of nitrogens with zero attached hydrogens (tertiary/aromatic N) is 2. The van der Waals surface area contributed by atoms with Crippen LogP contribution < -0.4 is 0 Å². The first-order valence-corrected chi connectivity index (χ1v) is 8.28. The van der Waals surface area contributed by atoms with Gasteiger partial charge in [-0.15, -0.1) is 10.2 Å². The molecule has 2 aromatic rings. The first-order chi connectivity index (χ1) is 8.74. The topological polar surface area (TPSA) is 42.9 Å². The predicted molar refractivity (Wildman–Crippen MR) is 76.9 cm³/mol. The monoisotopic (exact) mass is 296 g/mol. The Kier molecular flexibility index (Phi) is 4.79. The van der Waals surface area contributed by atoms with Crippen molar-refractivity contribution in [2.24, 2.45) is 0 Å². The van der Waals surface area contributed by atoms with E-state index in [4.69, 9.17) is 0 Å². The molecule has 1 heterocycles. The van der Waals surface area contributed by atoms with E-state index in [9.17, 15) is 4.79 Å². The Morgan fingerprint density at radius 2 is 2.00 bits per heavy atom. The van der Waals surface area contributed by atoms with Crippen LogP contribution in [0.15, 0.2) is 37.8 Å². The highest BCUT2D eigenvalue weighted by atomic mass is 32.2. The molecule has 0 saturated heterocycles. The summed E-state index contributed by atoms with van der Waals surface area (Å²) in [7, 11) is 0. The fraction of sp³-hybridized carbons (Fsp3) is 0.250. The van der Waals surface area contributed by atoms with Crippen LogP contribution >= 0.6 is 34.9 Å². The molecular weight excluding hydrogens is 284 g/mol. The number of hydrogen-bond donors (Lipinski definition) is 0. The summed E-state index contributed by atoms with van der Waals surface area (Å²) in [4.78, 5) is 12.8. The molecule has 6 heteroatoms. The van der Waals surface area contributed by atoms with Crippen LogP contribution in [-0.4, -0.2) is 22.2 Å². The average Bonchev–Trinajstić information content (AvgIpc) is 2.86. The zero-order valence-electron chi connectivity index (χ0n) is 10.0. The Hall–Kier alpha value is -0.850. The smallest absolute Gasteiger partial charge is 0.179 e. The Balaban J connectivity index is 2.25. The summed E-state index contributed by atoms with van der Waals surface area (Å²) in [5.74, 6) is 0.160. The van der Waals surface area contributed by atoms with Crippen LogP contribution in [-0.2, 0) is 0 Å². The minimum absolute atomic E-state index is 0.160. The maximum atomic E-state index is 11.8. The number of hydrogen-bond acceptors (Lipinski definition) is 6. The van der Waals surface area contributed by atoms with Crippen LogP contribution in [0.4, 0.5) is 0 Å². The summed E-state index contributed by atoms with van der Waals surface area (Å²) in [5.41, 5.74) is 0.769. The van der Waals surface area contributed by atoms with Crippen LogP contribution in [0.1, 0.15) is 23.7 Å². The minimum atomic E-state index is 0.160. The maximum Gasteiger partial charge on any atom is 0.179 e. The van der Waals surface area contributed by atoms with E-state index < -0.39 is 0 Å². The van der Waals surface area contributed by atoms with Crippen molar-refractivity contribution in [2.75, 3.05) is 6.26 Å². The summed E-state index contributed by atoms with van der Waals surface area (Å²) < 4.78 is 1.81. The SMILES string of the molecule is CCC(=O)c1ccccc1Sc1nnc(SC)s1. The van der Waals surface area contributed by atoms with Crippen molar-refractivity contribution in [3.63, 3.8) is 0 Å². The minimum Gasteiger partial charge on any atom is -0.294 e. The Bertz CT molecular complexity index is 554. The number of ketones is 1. The molecule has 0 aliphatic heterocycles. The quantitative estimate of drug-likeness (QED) is 0.616. The lowest BCUT2D eigenvalue weighted by Crippen LogP contribution is -1.98. The van der Waals surface area contributed by atoms with E-state index in [0.717, 1.165) is 19.1 Å². The van der Waals surface area contributed by atoms with Gasteiger partial charge >= 0.3 is 0 Å². The molecule has 0 radical (unpaired) electrons. The molecule has 1 aromatic heterocycles. The largest absolute Gasteiger partial charge is 0.294 e. The first kappa shape index (κ1) is 13.6. The molecule has 1 aromatic carbocycles. The molecule has 0 saturated carbocycles. The van der Waals surface area contributed by atoms with Crippen LogP contribution in [0.5, 0.6) is 0 Å².